The van der Waals surface area contributed by atoms with E-state index in [1.807, 2.05) is 30.3 Å². The third-order valence-corrected chi connectivity index (χ3v) is 4.38. The smallest absolute Gasteiger partial charge is 0.0931 e. The molecule has 19 heavy (non-hydrogen) atoms. The molecule has 2 nitrogen and oxygen atoms in total. The topological polar surface area (TPSA) is 38.9 Å². The van der Waals surface area contributed by atoms with E-state index in [4.69, 9.17) is 17.3 Å². The molecule has 2 heterocycles. The van der Waals surface area contributed by atoms with Crippen LogP contribution in [0, 0.1) is 0 Å². The van der Waals surface area contributed by atoms with Crippen LogP contribution in [0.4, 0.5) is 0 Å². The highest BCUT2D eigenvalue weighted by atomic mass is 35.5. The van der Waals surface area contributed by atoms with E-state index in [0.29, 0.717) is 0 Å². The van der Waals surface area contributed by atoms with Crippen LogP contribution in [0.15, 0.2) is 48.7 Å². The van der Waals surface area contributed by atoms with Gasteiger partial charge in [0.15, 0.2) is 0 Å². The van der Waals surface area contributed by atoms with Gasteiger partial charge in [-0.05, 0) is 29.8 Å². The molecule has 0 saturated heterocycles. The minimum absolute atomic E-state index is 0.0392. The third kappa shape index (κ3) is 2.63. The summed E-state index contributed by atoms with van der Waals surface area (Å²) in [6.07, 6.45) is 2.60. The minimum Gasteiger partial charge on any atom is -0.324 e. The number of rotatable bonds is 3. The maximum absolute atomic E-state index is 6.34. The van der Waals surface area contributed by atoms with E-state index in [-0.39, 0.29) is 6.04 Å². The number of halogens is 1. The molecule has 2 aromatic heterocycles. The van der Waals surface area contributed by atoms with Gasteiger partial charge in [0.2, 0.25) is 0 Å². The number of benzene rings is 1. The Labute approximate surface area is 120 Å². The molecule has 0 fully saturated rings. The summed E-state index contributed by atoms with van der Waals surface area (Å²) in [5.74, 6) is 0. The van der Waals surface area contributed by atoms with Gasteiger partial charge in [-0.3, -0.25) is 4.98 Å². The summed E-state index contributed by atoms with van der Waals surface area (Å²) in [6, 6.07) is 14.0. The van der Waals surface area contributed by atoms with E-state index in [1.54, 1.807) is 17.5 Å². The molecule has 0 radical (unpaired) electrons. The second-order valence-electron chi connectivity index (χ2n) is 4.43. The lowest BCUT2D eigenvalue weighted by Gasteiger charge is -2.13. The molecule has 1 aromatic carbocycles. The number of fused-ring (bicyclic) bond motifs is 1. The molecule has 3 aromatic rings. The Bertz CT molecular complexity index is 703. The summed E-state index contributed by atoms with van der Waals surface area (Å²) in [5.41, 5.74) is 8.46. The van der Waals surface area contributed by atoms with Crippen molar-refractivity contribution in [1.29, 1.82) is 0 Å². The van der Waals surface area contributed by atoms with Crippen molar-refractivity contribution in [2.24, 2.45) is 5.73 Å². The average molecular weight is 289 g/mol. The van der Waals surface area contributed by atoms with Crippen molar-refractivity contribution in [2.45, 2.75) is 12.5 Å². The largest absolute Gasteiger partial charge is 0.324 e. The van der Waals surface area contributed by atoms with E-state index in [0.717, 1.165) is 27.2 Å². The Balaban J connectivity index is 1.95. The highest BCUT2D eigenvalue weighted by Gasteiger charge is 2.12. The van der Waals surface area contributed by atoms with Crippen LogP contribution in [0.2, 0.25) is 4.34 Å². The van der Waals surface area contributed by atoms with Crippen molar-refractivity contribution in [3.8, 4) is 0 Å². The maximum Gasteiger partial charge on any atom is 0.0931 e. The lowest BCUT2D eigenvalue weighted by Crippen LogP contribution is -2.13. The van der Waals surface area contributed by atoms with Crippen molar-refractivity contribution in [3.63, 3.8) is 0 Å². The summed E-state index contributed by atoms with van der Waals surface area (Å²) < 4.78 is 0.807. The molecule has 0 aliphatic carbocycles. The van der Waals surface area contributed by atoms with Crippen molar-refractivity contribution in [1.82, 2.24) is 4.98 Å². The Kier molecular flexibility index (Phi) is 3.51. The zero-order valence-electron chi connectivity index (χ0n) is 10.2. The SMILES string of the molecule is NC(Cc1ccc(Cl)s1)c1cccc2ncccc12. The minimum atomic E-state index is -0.0392. The Morgan fingerprint density at radius 2 is 2.05 bits per heavy atom. The van der Waals surface area contributed by atoms with E-state index < -0.39 is 0 Å². The average Bonchev–Trinajstić information content (AvgIpc) is 2.83. The first-order chi connectivity index (χ1) is 9.24. The fraction of sp³-hybridized carbons (Fsp3) is 0.133. The van der Waals surface area contributed by atoms with E-state index in [9.17, 15) is 0 Å². The van der Waals surface area contributed by atoms with Crippen molar-refractivity contribution < 1.29 is 0 Å². The van der Waals surface area contributed by atoms with E-state index in [1.165, 1.54) is 4.88 Å². The van der Waals surface area contributed by atoms with Crippen LogP contribution in [0.5, 0.6) is 0 Å². The van der Waals surface area contributed by atoms with Crippen LogP contribution >= 0.6 is 22.9 Å². The zero-order valence-corrected chi connectivity index (χ0v) is 11.8. The third-order valence-electron chi connectivity index (χ3n) is 3.13. The number of aromatic nitrogens is 1. The molecular weight excluding hydrogens is 276 g/mol. The number of thiophene rings is 1. The fourth-order valence-corrected chi connectivity index (χ4v) is 3.38. The van der Waals surface area contributed by atoms with Gasteiger partial charge >= 0.3 is 0 Å². The fourth-order valence-electron chi connectivity index (χ4n) is 2.24. The monoisotopic (exact) mass is 288 g/mol. The van der Waals surface area contributed by atoms with Gasteiger partial charge in [-0.15, -0.1) is 11.3 Å². The van der Waals surface area contributed by atoms with E-state index in [2.05, 4.69) is 17.1 Å². The summed E-state index contributed by atoms with van der Waals surface area (Å²) in [5, 5.41) is 1.13. The van der Waals surface area contributed by atoms with Gasteiger partial charge in [0.05, 0.1) is 9.85 Å². The number of hydrogen-bond donors (Lipinski definition) is 1. The Hall–Kier alpha value is -1.42. The normalized spacial score (nSPS) is 12.7. The molecular formula is C15H13ClN2S. The van der Waals surface area contributed by atoms with Crippen LogP contribution < -0.4 is 5.73 Å². The summed E-state index contributed by atoms with van der Waals surface area (Å²) >= 11 is 7.54. The Morgan fingerprint density at radius 1 is 1.16 bits per heavy atom. The predicted octanol–water partition coefficient (Wildman–Crippen LogP) is 4.19. The van der Waals surface area contributed by atoms with Crippen LogP contribution in [0.3, 0.4) is 0 Å². The molecule has 96 valence electrons. The summed E-state index contributed by atoms with van der Waals surface area (Å²) in [7, 11) is 0. The predicted molar refractivity (Wildman–Crippen MR) is 81.7 cm³/mol. The van der Waals surface area contributed by atoms with Crippen molar-refractivity contribution in [2.75, 3.05) is 0 Å². The molecule has 4 heteroatoms. The second kappa shape index (κ2) is 5.29. The second-order valence-corrected chi connectivity index (χ2v) is 6.23. The van der Waals surface area contributed by atoms with Gasteiger partial charge in [0.1, 0.15) is 0 Å². The highest BCUT2D eigenvalue weighted by Crippen LogP contribution is 2.28. The van der Waals surface area contributed by atoms with Gasteiger partial charge in [-0.2, -0.15) is 0 Å². The number of hydrogen-bond acceptors (Lipinski definition) is 3. The van der Waals surface area contributed by atoms with Crippen LogP contribution in [-0.4, -0.2) is 4.98 Å². The molecule has 3 rings (SSSR count). The standard InChI is InChI=1S/C15H13ClN2S/c16-15-7-6-10(19-15)9-13(17)11-3-1-5-14-12(11)4-2-8-18-14/h1-8,13H,9,17H2. The molecule has 0 aliphatic rings. The first-order valence-electron chi connectivity index (χ1n) is 6.07. The van der Waals surface area contributed by atoms with Gasteiger partial charge in [0, 0.05) is 28.9 Å². The molecule has 0 aliphatic heterocycles. The molecule has 1 atom stereocenters. The highest BCUT2D eigenvalue weighted by molar-refractivity contribution is 7.16. The van der Waals surface area contributed by atoms with Gasteiger partial charge < -0.3 is 5.73 Å². The summed E-state index contributed by atoms with van der Waals surface area (Å²) in [4.78, 5) is 5.57. The molecule has 0 saturated carbocycles. The van der Waals surface area contributed by atoms with Gasteiger partial charge in [-0.1, -0.05) is 29.8 Å². The van der Waals surface area contributed by atoms with Crippen molar-refractivity contribution >= 4 is 33.8 Å². The molecule has 0 amide bonds. The quantitative estimate of drug-likeness (QED) is 0.785. The Morgan fingerprint density at radius 3 is 2.84 bits per heavy atom. The molecule has 0 spiro atoms. The lowest BCUT2D eigenvalue weighted by molar-refractivity contribution is 0.736. The first-order valence-corrected chi connectivity index (χ1v) is 7.27. The first kappa shape index (κ1) is 12.6. The van der Waals surface area contributed by atoms with Crippen LogP contribution in [-0.2, 0) is 6.42 Å². The lowest BCUT2D eigenvalue weighted by atomic mass is 9.99. The zero-order chi connectivity index (χ0) is 13.2. The van der Waals surface area contributed by atoms with Gasteiger partial charge in [-0.25, -0.2) is 0 Å². The molecule has 2 N–H and O–H groups in total. The molecule has 1 unspecified atom stereocenters. The number of nitrogens with two attached hydrogens (primary N) is 1. The molecule has 0 bridgehead atoms. The number of nitrogens with zero attached hydrogens (tertiary/aromatic N) is 1. The van der Waals surface area contributed by atoms with Crippen LogP contribution in [0.1, 0.15) is 16.5 Å². The van der Waals surface area contributed by atoms with E-state index >= 15 is 0 Å². The summed E-state index contributed by atoms with van der Waals surface area (Å²) in [6.45, 7) is 0. The van der Waals surface area contributed by atoms with Crippen molar-refractivity contribution in [3.05, 3.63) is 63.4 Å². The van der Waals surface area contributed by atoms with Gasteiger partial charge in [0.25, 0.3) is 0 Å². The maximum atomic E-state index is 6.34. The number of pyridine rings is 1. The van der Waals surface area contributed by atoms with Crippen LogP contribution in [0.25, 0.3) is 10.9 Å².